The van der Waals surface area contributed by atoms with Crippen molar-refractivity contribution >= 4 is 46.0 Å². The van der Waals surface area contributed by atoms with Crippen LogP contribution in [0, 0.1) is 18.6 Å². The zero-order valence-corrected chi connectivity index (χ0v) is 25.2. The minimum absolute atomic E-state index is 0.00999. The molecule has 1 aromatic heterocycles. The molecule has 3 aromatic rings. The van der Waals surface area contributed by atoms with Gasteiger partial charge < -0.3 is 15.1 Å². The van der Waals surface area contributed by atoms with Crippen molar-refractivity contribution in [1.82, 2.24) is 19.8 Å². The van der Waals surface area contributed by atoms with Gasteiger partial charge in [-0.1, -0.05) is 25.1 Å². The number of carbonyl (C=O) groups excluding carboxylic acids is 1. The Morgan fingerprint density at radius 3 is 2.56 bits per heavy atom. The topological polar surface area (TPSA) is 70.5 Å². The maximum absolute atomic E-state index is 15.3. The Bertz CT molecular complexity index is 1580. The van der Waals surface area contributed by atoms with Gasteiger partial charge in [0.2, 0.25) is 5.91 Å². The third-order valence-electron chi connectivity index (χ3n) is 7.84. The van der Waals surface area contributed by atoms with Crippen LogP contribution in [0.3, 0.4) is 0 Å². The van der Waals surface area contributed by atoms with E-state index in [9.17, 15) is 14.0 Å². The van der Waals surface area contributed by atoms with Crippen LogP contribution in [0.1, 0.15) is 32.8 Å². The summed E-state index contributed by atoms with van der Waals surface area (Å²) >= 11 is 7.67. The molecule has 1 fully saturated rings. The van der Waals surface area contributed by atoms with E-state index < -0.39 is 17.3 Å². The van der Waals surface area contributed by atoms with Gasteiger partial charge in [-0.15, -0.1) is 11.8 Å². The number of hydrogen-bond acceptors (Lipinski definition) is 6. The van der Waals surface area contributed by atoms with E-state index >= 15 is 4.39 Å². The third kappa shape index (κ3) is 5.37. The van der Waals surface area contributed by atoms with Gasteiger partial charge in [-0.3, -0.25) is 9.36 Å². The molecule has 5 rings (SSSR count). The third-order valence-corrected chi connectivity index (χ3v) is 9.38. The fraction of sp³-hybridized carbons (Fsp3) is 0.433. The molecule has 0 bridgehead atoms. The fourth-order valence-corrected chi connectivity index (χ4v) is 7.61. The van der Waals surface area contributed by atoms with Gasteiger partial charge in [0, 0.05) is 71.0 Å². The van der Waals surface area contributed by atoms with E-state index in [0.717, 1.165) is 34.9 Å². The average molecular weight is 602 g/mol. The van der Waals surface area contributed by atoms with Gasteiger partial charge in [0.25, 0.3) is 0 Å². The smallest absolute Gasteiger partial charge is 0.350 e. The first-order valence-corrected chi connectivity index (χ1v) is 15.2. The van der Waals surface area contributed by atoms with Gasteiger partial charge in [-0.05, 0) is 57.5 Å². The van der Waals surface area contributed by atoms with Gasteiger partial charge in [-0.25, -0.2) is 13.6 Å². The highest BCUT2D eigenvalue weighted by Gasteiger charge is 2.35. The Balaban J connectivity index is 1.74. The normalized spacial score (nSPS) is 20.8. The predicted octanol–water partition coefficient (Wildman–Crippen LogP) is 5.39. The molecule has 7 nitrogen and oxygen atoms in total. The molecule has 1 N–H and O–H groups in total. The summed E-state index contributed by atoms with van der Waals surface area (Å²) < 4.78 is 31.1. The fourth-order valence-electron chi connectivity index (χ4n) is 6.09. The molecular weight excluding hydrogens is 568 g/mol. The van der Waals surface area contributed by atoms with Gasteiger partial charge >= 0.3 is 5.69 Å². The number of amides is 1. The second-order valence-corrected chi connectivity index (χ2v) is 12.3. The zero-order valence-electron chi connectivity index (χ0n) is 23.6. The van der Waals surface area contributed by atoms with Crippen LogP contribution in [-0.4, -0.2) is 63.9 Å². The van der Waals surface area contributed by atoms with Gasteiger partial charge in [0.05, 0.1) is 10.5 Å². The molecule has 3 atom stereocenters. The van der Waals surface area contributed by atoms with Crippen molar-refractivity contribution in [1.29, 1.82) is 0 Å². The number of carbonyl (C=O) groups is 1. The van der Waals surface area contributed by atoms with Crippen molar-refractivity contribution < 1.29 is 13.6 Å². The number of anilines is 1. The summed E-state index contributed by atoms with van der Waals surface area (Å²) in [6, 6.07) is 3.78. The molecular formula is C30H34ClF2N5O2S. The molecule has 0 saturated carbocycles. The molecule has 2 aromatic carbocycles. The highest BCUT2D eigenvalue weighted by Crippen LogP contribution is 2.45. The molecule has 11 heteroatoms. The Labute approximate surface area is 247 Å². The quantitative estimate of drug-likeness (QED) is 0.302. The predicted molar refractivity (Wildman–Crippen MR) is 162 cm³/mol. The zero-order chi connectivity index (χ0) is 29.6. The molecule has 0 spiro atoms. The first kappa shape index (κ1) is 29.5. The largest absolute Gasteiger partial charge is 0.352 e. The van der Waals surface area contributed by atoms with Crippen LogP contribution in [-0.2, 0) is 11.3 Å². The molecule has 1 saturated heterocycles. The Morgan fingerprint density at radius 1 is 1.20 bits per heavy atom. The number of nitrogens with zero attached hydrogens (tertiary/aromatic N) is 4. The van der Waals surface area contributed by atoms with E-state index in [1.54, 1.807) is 21.2 Å². The molecule has 1 amide bonds. The van der Waals surface area contributed by atoms with Crippen LogP contribution in [0.4, 0.5) is 14.6 Å². The van der Waals surface area contributed by atoms with E-state index in [-0.39, 0.29) is 34.6 Å². The molecule has 0 aliphatic carbocycles. The summed E-state index contributed by atoms with van der Waals surface area (Å²) in [5.74, 6) is -0.484. The molecule has 0 radical (unpaired) electrons. The summed E-state index contributed by atoms with van der Waals surface area (Å²) in [5, 5.41) is 4.13. The van der Waals surface area contributed by atoms with Crippen molar-refractivity contribution in [2.24, 2.45) is 0 Å². The van der Waals surface area contributed by atoms with Crippen molar-refractivity contribution in [3.8, 4) is 11.1 Å². The van der Waals surface area contributed by atoms with Crippen molar-refractivity contribution in [3.05, 3.63) is 63.6 Å². The number of benzene rings is 2. The van der Waals surface area contributed by atoms with E-state index in [1.807, 2.05) is 26.8 Å². The van der Waals surface area contributed by atoms with Gasteiger partial charge in [-0.2, -0.15) is 4.98 Å². The van der Waals surface area contributed by atoms with Crippen LogP contribution < -0.4 is 15.9 Å². The summed E-state index contributed by atoms with van der Waals surface area (Å²) in [5.41, 5.74) is 1.82. The number of piperazine rings is 1. The number of aromatic nitrogens is 2. The molecule has 2 aliphatic rings. The number of rotatable bonds is 6. The lowest BCUT2D eigenvalue weighted by atomic mass is 9.97. The van der Waals surface area contributed by atoms with Crippen LogP contribution in [0.2, 0.25) is 5.02 Å². The van der Waals surface area contributed by atoms with Crippen molar-refractivity contribution in [2.75, 3.05) is 30.3 Å². The SMILES string of the molecule is C=CC(=O)N1[C@H](C)CN(c2nc(=O)n3c4c(c(-c5cc(Cl)c(F)cc5F)c(C)cc24)SCC(NCCC)C3)C[C@@H]1C. The van der Waals surface area contributed by atoms with Gasteiger partial charge in [0.1, 0.15) is 17.5 Å². The lowest BCUT2D eigenvalue weighted by Crippen LogP contribution is -2.58. The van der Waals surface area contributed by atoms with E-state index in [4.69, 9.17) is 11.6 Å². The number of halogens is 3. The maximum Gasteiger partial charge on any atom is 0.350 e. The Morgan fingerprint density at radius 2 is 1.90 bits per heavy atom. The molecule has 41 heavy (non-hydrogen) atoms. The maximum atomic E-state index is 15.3. The second-order valence-electron chi connectivity index (χ2n) is 10.9. The molecule has 218 valence electrons. The minimum Gasteiger partial charge on any atom is -0.352 e. The van der Waals surface area contributed by atoms with Crippen LogP contribution in [0.15, 0.2) is 40.5 Å². The van der Waals surface area contributed by atoms with Crippen LogP contribution in [0.5, 0.6) is 0 Å². The molecule has 2 aliphatic heterocycles. The first-order valence-electron chi connectivity index (χ1n) is 13.8. The molecule has 3 heterocycles. The highest BCUT2D eigenvalue weighted by molar-refractivity contribution is 7.99. The standard InChI is InChI=1S/C30H34ClF2N5O2S/c1-6-8-34-19-14-37-27-21(29(35-30(37)40)36-12-17(4)38(18(5)13-36)25(39)7-2)9-16(3)26(28(27)41-15-19)20-10-22(31)24(33)11-23(20)32/h7,9-11,17-19,34H,2,6,8,12-15H2,1,3-5H3/t17-,18+,19?. The first-order chi connectivity index (χ1) is 19.5. The summed E-state index contributed by atoms with van der Waals surface area (Å²) in [6.45, 7) is 13.7. The molecule has 1 unspecified atom stereocenters. The van der Waals surface area contributed by atoms with Gasteiger partial charge in [0.15, 0.2) is 0 Å². The van der Waals surface area contributed by atoms with Crippen molar-refractivity contribution in [2.45, 2.75) is 63.7 Å². The van der Waals surface area contributed by atoms with Crippen molar-refractivity contribution in [3.63, 3.8) is 0 Å². The Hall–Kier alpha value is -2.95. The second kappa shape index (κ2) is 11.7. The number of nitrogens with one attached hydrogen (secondary N) is 1. The van der Waals surface area contributed by atoms with E-state index in [1.165, 1.54) is 12.1 Å². The average Bonchev–Trinajstić information content (AvgIpc) is 3.12. The number of thioether (sulfide) groups is 1. The highest BCUT2D eigenvalue weighted by atomic mass is 35.5. The lowest BCUT2D eigenvalue weighted by Gasteiger charge is -2.44. The number of aryl methyl sites for hydroxylation is 1. The minimum atomic E-state index is -0.825. The van der Waals surface area contributed by atoms with E-state index in [2.05, 4.69) is 28.7 Å². The Kier molecular flexibility index (Phi) is 8.46. The monoisotopic (exact) mass is 601 g/mol. The lowest BCUT2D eigenvalue weighted by molar-refractivity contribution is -0.130. The summed E-state index contributed by atoms with van der Waals surface area (Å²) in [7, 11) is 0. The van der Waals surface area contributed by atoms with Crippen LogP contribution in [0.25, 0.3) is 22.0 Å². The summed E-state index contributed by atoms with van der Waals surface area (Å²) in [4.78, 5) is 35.4. The number of hydrogen-bond donors (Lipinski definition) is 1. The van der Waals surface area contributed by atoms with Crippen LogP contribution >= 0.6 is 23.4 Å². The summed E-state index contributed by atoms with van der Waals surface area (Å²) in [6.07, 6.45) is 2.27. The van der Waals surface area contributed by atoms with E-state index in [0.29, 0.717) is 42.3 Å².